The van der Waals surface area contributed by atoms with Crippen LogP contribution in [-0.2, 0) is 13.2 Å². The lowest BCUT2D eigenvalue weighted by Gasteiger charge is -2.07. The molecule has 0 unspecified atom stereocenters. The summed E-state index contributed by atoms with van der Waals surface area (Å²) in [6.45, 7) is 0.837. The molecular weight excluding hydrogens is 482 g/mol. The van der Waals surface area contributed by atoms with E-state index in [1.807, 2.05) is 48.7 Å². The first kappa shape index (κ1) is 21.0. The summed E-state index contributed by atoms with van der Waals surface area (Å²) in [6.07, 6.45) is 1.84. The van der Waals surface area contributed by atoms with E-state index in [0.717, 1.165) is 15.8 Å². The van der Waals surface area contributed by atoms with E-state index in [1.54, 1.807) is 22.9 Å². The lowest BCUT2D eigenvalue weighted by atomic mass is 10.0. The fraction of sp³-hybridized carbons (Fsp3) is 0.0769. The molecule has 3 aromatic carbocycles. The molecule has 0 aliphatic carbocycles. The van der Waals surface area contributed by atoms with Crippen molar-refractivity contribution in [1.29, 1.82) is 0 Å². The maximum absolute atomic E-state index is 12.6. The number of amides is 1. The Kier molecular flexibility index (Phi) is 5.95. The average Bonchev–Trinajstić information content (AvgIpc) is 3.49. The number of hydrogen-bond acceptors (Lipinski definition) is 4. The summed E-state index contributed by atoms with van der Waals surface area (Å²) in [5, 5.41) is 9.64. The van der Waals surface area contributed by atoms with E-state index >= 15 is 0 Å². The Morgan fingerprint density at radius 3 is 2.67 bits per heavy atom. The van der Waals surface area contributed by atoms with Crippen LogP contribution in [0.5, 0.6) is 5.75 Å². The number of nitrogens with one attached hydrogen (secondary N) is 1. The third kappa shape index (κ3) is 4.99. The number of aromatic nitrogens is 2. The molecule has 5 aromatic rings. The normalized spacial score (nSPS) is 10.9. The third-order valence-corrected chi connectivity index (χ3v) is 5.70. The van der Waals surface area contributed by atoms with Gasteiger partial charge in [0.2, 0.25) is 0 Å². The molecule has 5 rings (SSSR count). The van der Waals surface area contributed by atoms with Gasteiger partial charge in [-0.2, -0.15) is 5.10 Å². The van der Waals surface area contributed by atoms with Crippen LogP contribution in [0.15, 0.2) is 100 Å². The quantitative estimate of drug-likeness (QED) is 0.285. The second-order valence-corrected chi connectivity index (χ2v) is 8.42. The highest BCUT2D eigenvalue weighted by Crippen LogP contribution is 2.21. The number of carbonyl (C=O) groups excluding carboxylic acids is 1. The summed E-state index contributed by atoms with van der Waals surface area (Å²) in [5.41, 5.74) is 1.16. The Hall–Kier alpha value is -3.84. The summed E-state index contributed by atoms with van der Waals surface area (Å²) >= 11 is 3.39. The predicted molar refractivity (Wildman–Crippen MR) is 130 cm³/mol. The average molecular weight is 502 g/mol. The van der Waals surface area contributed by atoms with Crippen molar-refractivity contribution in [3.63, 3.8) is 0 Å². The summed E-state index contributed by atoms with van der Waals surface area (Å²) < 4.78 is 14.1. The molecule has 0 saturated carbocycles. The molecule has 7 heteroatoms. The number of halogens is 1. The smallest absolute Gasteiger partial charge is 0.292 e. The standard InChI is InChI=1S/C26H20BrN3O3/c27-20-8-10-21(11-9-20)32-17-22-12-13-24(33-22)26(31)28-25-14-15-30(29-25)16-19-6-3-5-18-4-1-2-7-23(18)19/h1-15H,16-17H2,(H,28,29,31). The first-order chi connectivity index (χ1) is 16.1. The topological polar surface area (TPSA) is 69.3 Å². The highest BCUT2D eigenvalue weighted by Gasteiger charge is 2.13. The van der Waals surface area contributed by atoms with Gasteiger partial charge in [0.1, 0.15) is 18.1 Å². The van der Waals surface area contributed by atoms with Crippen LogP contribution in [0.3, 0.4) is 0 Å². The summed E-state index contributed by atoms with van der Waals surface area (Å²) in [7, 11) is 0. The van der Waals surface area contributed by atoms with Gasteiger partial charge in [0, 0.05) is 16.7 Å². The van der Waals surface area contributed by atoms with Gasteiger partial charge in [-0.25, -0.2) is 0 Å². The van der Waals surface area contributed by atoms with Crippen molar-refractivity contribution in [2.75, 3.05) is 5.32 Å². The number of hydrogen-bond donors (Lipinski definition) is 1. The van der Waals surface area contributed by atoms with Gasteiger partial charge in [-0.1, -0.05) is 58.4 Å². The third-order valence-electron chi connectivity index (χ3n) is 5.17. The minimum atomic E-state index is -0.361. The van der Waals surface area contributed by atoms with Crippen molar-refractivity contribution >= 4 is 38.4 Å². The van der Waals surface area contributed by atoms with Crippen LogP contribution in [0.4, 0.5) is 5.82 Å². The Morgan fingerprint density at radius 2 is 1.79 bits per heavy atom. The zero-order valence-electron chi connectivity index (χ0n) is 17.6. The molecule has 0 aliphatic rings. The molecule has 0 bridgehead atoms. The van der Waals surface area contributed by atoms with Crippen molar-refractivity contribution < 1.29 is 13.9 Å². The van der Waals surface area contributed by atoms with Crippen molar-refractivity contribution in [2.24, 2.45) is 0 Å². The van der Waals surface area contributed by atoms with E-state index in [1.165, 1.54) is 10.8 Å². The van der Waals surface area contributed by atoms with E-state index in [2.05, 4.69) is 50.6 Å². The second kappa shape index (κ2) is 9.34. The molecule has 0 aliphatic heterocycles. The lowest BCUT2D eigenvalue weighted by molar-refractivity contribution is 0.0992. The molecule has 0 atom stereocenters. The van der Waals surface area contributed by atoms with Gasteiger partial charge >= 0.3 is 0 Å². The Morgan fingerprint density at radius 1 is 0.970 bits per heavy atom. The van der Waals surface area contributed by atoms with Crippen LogP contribution in [-0.4, -0.2) is 15.7 Å². The fourth-order valence-electron chi connectivity index (χ4n) is 3.56. The van der Waals surface area contributed by atoms with Gasteiger partial charge in [-0.15, -0.1) is 0 Å². The Labute approximate surface area is 198 Å². The number of anilines is 1. The first-order valence-corrected chi connectivity index (χ1v) is 11.2. The molecule has 33 heavy (non-hydrogen) atoms. The Bertz CT molecular complexity index is 1400. The lowest BCUT2D eigenvalue weighted by Crippen LogP contribution is -2.12. The number of nitrogens with zero attached hydrogens (tertiary/aromatic N) is 2. The van der Waals surface area contributed by atoms with Gasteiger partial charge in [0.25, 0.3) is 5.91 Å². The van der Waals surface area contributed by atoms with E-state index in [0.29, 0.717) is 18.1 Å². The number of rotatable bonds is 7. The molecule has 0 saturated heterocycles. The molecule has 2 aromatic heterocycles. The summed E-state index contributed by atoms with van der Waals surface area (Å²) in [6, 6.07) is 27.1. The molecule has 0 fully saturated rings. The van der Waals surface area contributed by atoms with Gasteiger partial charge < -0.3 is 14.5 Å². The molecule has 6 nitrogen and oxygen atoms in total. The first-order valence-electron chi connectivity index (χ1n) is 10.4. The minimum absolute atomic E-state index is 0.202. The monoisotopic (exact) mass is 501 g/mol. The van der Waals surface area contributed by atoms with E-state index in [9.17, 15) is 4.79 Å². The van der Waals surface area contributed by atoms with Gasteiger partial charge in [0.15, 0.2) is 11.6 Å². The van der Waals surface area contributed by atoms with Crippen LogP contribution in [0.25, 0.3) is 10.8 Å². The molecule has 0 radical (unpaired) electrons. The van der Waals surface area contributed by atoms with Crippen LogP contribution < -0.4 is 10.1 Å². The molecule has 164 valence electrons. The molecule has 1 amide bonds. The van der Waals surface area contributed by atoms with Crippen molar-refractivity contribution in [2.45, 2.75) is 13.2 Å². The van der Waals surface area contributed by atoms with Gasteiger partial charge in [-0.3, -0.25) is 9.48 Å². The number of furan rings is 1. The summed E-state index contributed by atoms with van der Waals surface area (Å²) in [5.74, 6) is 1.58. The largest absolute Gasteiger partial charge is 0.486 e. The van der Waals surface area contributed by atoms with Crippen molar-refractivity contribution in [3.8, 4) is 5.75 Å². The molecule has 1 N–H and O–H groups in total. The maximum atomic E-state index is 12.6. The van der Waals surface area contributed by atoms with Crippen LogP contribution in [0, 0.1) is 0 Å². The molecular formula is C26H20BrN3O3. The van der Waals surface area contributed by atoms with Crippen LogP contribution >= 0.6 is 15.9 Å². The van der Waals surface area contributed by atoms with Crippen molar-refractivity contribution in [3.05, 3.63) is 113 Å². The van der Waals surface area contributed by atoms with Crippen LogP contribution in [0.2, 0.25) is 0 Å². The SMILES string of the molecule is O=C(Nc1ccn(Cc2cccc3ccccc23)n1)c1ccc(COc2ccc(Br)cc2)o1. The van der Waals surface area contributed by atoms with E-state index in [-0.39, 0.29) is 18.3 Å². The fourth-order valence-corrected chi connectivity index (χ4v) is 3.83. The van der Waals surface area contributed by atoms with Crippen molar-refractivity contribution in [1.82, 2.24) is 9.78 Å². The number of carbonyl (C=O) groups is 1. The van der Waals surface area contributed by atoms with Crippen LogP contribution in [0.1, 0.15) is 21.9 Å². The molecule has 0 spiro atoms. The van der Waals surface area contributed by atoms with Gasteiger partial charge in [0.05, 0.1) is 6.54 Å². The zero-order chi connectivity index (χ0) is 22.6. The van der Waals surface area contributed by atoms with E-state index in [4.69, 9.17) is 9.15 Å². The zero-order valence-corrected chi connectivity index (χ0v) is 19.2. The highest BCUT2D eigenvalue weighted by molar-refractivity contribution is 9.10. The maximum Gasteiger partial charge on any atom is 0.292 e. The second-order valence-electron chi connectivity index (χ2n) is 7.50. The predicted octanol–water partition coefficient (Wildman–Crippen LogP) is 6.27. The number of benzene rings is 3. The minimum Gasteiger partial charge on any atom is -0.486 e. The van der Waals surface area contributed by atoms with E-state index < -0.39 is 0 Å². The summed E-state index contributed by atoms with van der Waals surface area (Å²) in [4.78, 5) is 12.6. The highest BCUT2D eigenvalue weighted by atomic mass is 79.9. The number of fused-ring (bicyclic) bond motifs is 1. The Balaban J connectivity index is 1.21. The molecule has 2 heterocycles. The number of ether oxygens (including phenoxy) is 1. The van der Waals surface area contributed by atoms with Gasteiger partial charge in [-0.05, 0) is 52.7 Å².